The summed E-state index contributed by atoms with van der Waals surface area (Å²) in [5.41, 5.74) is 4.27. The Hall–Kier alpha value is -3.00. The molecule has 2 aliphatic rings. The summed E-state index contributed by atoms with van der Waals surface area (Å²) in [6.45, 7) is 6.28. The van der Waals surface area contributed by atoms with Crippen molar-refractivity contribution in [3.8, 4) is 5.69 Å². The van der Waals surface area contributed by atoms with Crippen LogP contribution in [0.5, 0.6) is 0 Å². The molecule has 33 heavy (non-hydrogen) atoms. The maximum absolute atomic E-state index is 12.7. The summed E-state index contributed by atoms with van der Waals surface area (Å²) in [6, 6.07) is 16.5. The lowest BCUT2D eigenvalue weighted by atomic mass is 10.2. The molecule has 7 nitrogen and oxygen atoms in total. The number of thioether (sulfide) groups is 1. The van der Waals surface area contributed by atoms with Crippen LogP contribution in [-0.2, 0) is 4.79 Å². The van der Waals surface area contributed by atoms with E-state index in [1.165, 1.54) is 48.7 Å². The van der Waals surface area contributed by atoms with E-state index < -0.39 is 0 Å². The molecule has 1 amide bonds. The molecule has 3 heterocycles. The second-order valence-corrected chi connectivity index (χ2v) is 9.67. The fourth-order valence-electron chi connectivity index (χ4n) is 4.46. The maximum Gasteiger partial charge on any atom is 0.234 e. The summed E-state index contributed by atoms with van der Waals surface area (Å²) in [5, 5.41) is 12.7. The normalized spacial score (nSPS) is 15.9. The minimum Gasteiger partial charge on any atom is -0.372 e. The minimum absolute atomic E-state index is 0.0462. The third kappa shape index (κ3) is 5.00. The molecule has 2 saturated heterocycles. The first kappa shape index (κ1) is 21.8. The fourth-order valence-corrected chi connectivity index (χ4v) is 5.20. The molecule has 3 aromatic rings. The zero-order valence-corrected chi connectivity index (χ0v) is 19.9. The number of hydrogen-bond acceptors (Lipinski definition) is 6. The molecule has 8 heteroatoms. The Morgan fingerprint density at radius 3 is 2.12 bits per heavy atom. The molecule has 5 rings (SSSR count). The predicted molar refractivity (Wildman–Crippen MR) is 135 cm³/mol. The van der Waals surface area contributed by atoms with Crippen molar-refractivity contribution in [1.29, 1.82) is 0 Å². The Labute approximate surface area is 199 Å². The van der Waals surface area contributed by atoms with Gasteiger partial charge in [-0.15, -0.1) is 10.2 Å². The van der Waals surface area contributed by atoms with Gasteiger partial charge in [0.05, 0.1) is 11.4 Å². The summed E-state index contributed by atoms with van der Waals surface area (Å²) in [7, 11) is 0. The van der Waals surface area contributed by atoms with Crippen LogP contribution in [0.3, 0.4) is 0 Å². The van der Waals surface area contributed by atoms with E-state index >= 15 is 0 Å². The topological polar surface area (TPSA) is 66.3 Å². The van der Waals surface area contributed by atoms with Crippen LogP contribution in [0.2, 0.25) is 0 Å². The summed E-state index contributed by atoms with van der Waals surface area (Å²) in [6.07, 6.45) is 4.84. The van der Waals surface area contributed by atoms with E-state index in [2.05, 4.69) is 73.2 Å². The van der Waals surface area contributed by atoms with Gasteiger partial charge >= 0.3 is 0 Å². The molecule has 0 aliphatic carbocycles. The van der Waals surface area contributed by atoms with Gasteiger partial charge in [0.15, 0.2) is 5.16 Å². The molecule has 2 aromatic carbocycles. The largest absolute Gasteiger partial charge is 0.372 e. The van der Waals surface area contributed by atoms with Crippen molar-refractivity contribution in [2.45, 2.75) is 37.8 Å². The molecular formula is C25H30N6OS. The molecule has 172 valence electrons. The van der Waals surface area contributed by atoms with Crippen LogP contribution in [0.25, 0.3) is 5.69 Å². The maximum atomic E-state index is 12.7. The summed E-state index contributed by atoms with van der Waals surface area (Å²) in [5.74, 6) is 1.09. The molecule has 1 aromatic heterocycles. The zero-order valence-electron chi connectivity index (χ0n) is 19.0. The van der Waals surface area contributed by atoms with Crippen LogP contribution >= 0.6 is 11.8 Å². The number of carbonyl (C=O) groups is 1. The van der Waals surface area contributed by atoms with Crippen LogP contribution in [0.1, 0.15) is 31.2 Å². The number of benzene rings is 2. The van der Waals surface area contributed by atoms with E-state index in [-0.39, 0.29) is 11.7 Å². The number of amides is 1. The molecule has 2 fully saturated rings. The first-order valence-electron chi connectivity index (χ1n) is 11.7. The highest BCUT2D eigenvalue weighted by atomic mass is 32.2. The van der Waals surface area contributed by atoms with Gasteiger partial charge in [-0.25, -0.2) is 0 Å². The van der Waals surface area contributed by atoms with E-state index in [0.29, 0.717) is 0 Å². The highest BCUT2D eigenvalue weighted by molar-refractivity contribution is 7.99. The number of nitrogens with zero attached hydrogens (tertiary/aromatic N) is 5. The number of rotatable bonds is 7. The Kier molecular flexibility index (Phi) is 6.53. The van der Waals surface area contributed by atoms with Crippen molar-refractivity contribution in [1.82, 2.24) is 14.8 Å². The van der Waals surface area contributed by atoms with E-state index in [4.69, 9.17) is 0 Å². The lowest BCUT2D eigenvalue weighted by molar-refractivity contribution is -0.113. The van der Waals surface area contributed by atoms with Gasteiger partial charge in [-0.1, -0.05) is 29.5 Å². The molecule has 0 spiro atoms. The summed E-state index contributed by atoms with van der Waals surface area (Å²) < 4.78 is 2.08. The van der Waals surface area contributed by atoms with Gasteiger partial charge in [-0.3, -0.25) is 9.36 Å². The van der Waals surface area contributed by atoms with E-state index in [9.17, 15) is 4.79 Å². The van der Waals surface area contributed by atoms with Crippen molar-refractivity contribution < 1.29 is 4.79 Å². The average molecular weight is 463 g/mol. The SMILES string of the molecule is Cc1ccc(-n2c(SCC(=O)Nc3ccc(N4CCCC4)cc3)nnc2N2CCCC2)cc1. The monoisotopic (exact) mass is 462 g/mol. The van der Waals surface area contributed by atoms with Gasteiger partial charge in [-0.05, 0) is 69.0 Å². The summed E-state index contributed by atoms with van der Waals surface area (Å²) in [4.78, 5) is 17.3. The molecule has 0 bridgehead atoms. The zero-order chi connectivity index (χ0) is 22.6. The smallest absolute Gasteiger partial charge is 0.234 e. The number of aryl methyl sites for hydroxylation is 1. The highest BCUT2D eigenvalue weighted by Gasteiger charge is 2.23. The second-order valence-electron chi connectivity index (χ2n) is 8.73. The molecule has 0 radical (unpaired) electrons. The number of nitrogens with one attached hydrogen (secondary N) is 1. The number of aromatic nitrogens is 3. The van der Waals surface area contributed by atoms with Crippen molar-refractivity contribution in [2.24, 2.45) is 0 Å². The van der Waals surface area contributed by atoms with Crippen LogP contribution in [0.15, 0.2) is 53.7 Å². The molecule has 1 N–H and O–H groups in total. The minimum atomic E-state index is -0.0462. The molecular weight excluding hydrogens is 432 g/mol. The van der Waals surface area contributed by atoms with Crippen LogP contribution in [0, 0.1) is 6.92 Å². The highest BCUT2D eigenvalue weighted by Crippen LogP contribution is 2.29. The first-order chi connectivity index (χ1) is 16.2. The van der Waals surface area contributed by atoms with E-state index in [1.54, 1.807) is 0 Å². The van der Waals surface area contributed by atoms with Crippen LogP contribution in [0.4, 0.5) is 17.3 Å². The fraction of sp³-hybridized carbons (Fsp3) is 0.400. The molecule has 2 aliphatic heterocycles. The Bertz CT molecular complexity index is 1080. The van der Waals surface area contributed by atoms with E-state index in [0.717, 1.165) is 48.7 Å². The average Bonchev–Trinajstić information content (AvgIpc) is 3.60. The van der Waals surface area contributed by atoms with Crippen LogP contribution < -0.4 is 15.1 Å². The van der Waals surface area contributed by atoms with Gasteiger partial charge in [0.25, 0.3) is 0 Å². The standard InChI is InChI=1S/C25H30N6OS/c1-19-6-10-22(11-7-19)31-24(30-16-4-5-17-30)27-28-25(31)33-18-23(32)26-20-8-12-21(13-9-20)29-14-2-3-15-29/h6-13H,2-5,14-18H2,1H3,(H,26,32). The summed E-state index contributed by atoms with van der Waals surface area (Å²) >= 11 is 1.42. The van der Waals surface area contributed by atoms with Crippen molar-refractivity contribution in [2.75, 3.05) is 47.0 Å². The van der Waals surface area contributed by atoms with Crippen molar-refractivity contribution in [3.05, 3.63) is 54.1 Å². The van der Waals surface area contributed by atoms with Crippen LogP contribution in [-0.4, -0.2) is 52.6 Å². The van der Waals surface area contributed by atoms with Gasteiger partial charge in [0.2, 0.25) is 11.9 Å². The van der Waals surface area contributed by atoms with E-state index in [1.807, 2.05) is 12.1 Å². The van der Waals surface area contributed by atoms with Crippen molar-refractivity contribution in [3.63, 3.8) is 0 Å². The number of hydrogen-bond donors (Lipinski definition) is 1. The second kappa shape index (κ2) is 9.87. The Balaban J connectivity index is 1.27. The molecule has 0 saturated carbocycles. The third-order valence-corrected chi connectivity index (χ3v) is 7.18. The number of anilines is 3. The van der Waals surface area contributed by atoms with Gasteiger partial charge in [0.1, 0.15) is 0 Å². The first-order valence-corrected chi connectivity index (χ1v) is 12.7. The van der Waals surface area contributed by atoms with Gasteiger partial charge < -0.3 is 15.1 Å². The quantitative estimate of drug-likeness (QED) is 0.521. The Morgan fingerprint density at radius 2 is 1.45 bits per heavy atom. The van der Waals surface area contributed by atoms with Gasteiger partial charge in [-0.2, -0.15) is 0 Å². The lowest BCUT2D eigenvalue weighted by Gasteiger charge is -2.18. The van der Waals surface area contributed by atoms with Gasteiger partial charge in [0, 0.05) is 37.6 Å². The Morgan fingerprint density at radius 1 is 0.848 bits per heavy atom. The third-order valence-electron chi connectivity index (χ3n) is 6.25. The molecule has 0 atom stereocenters. The lowest BCUT2D eigenvalue weighted by Crippen LogP contribution is -2.22. The predicted octanol–water partition coefficient (Wildman–Crippen LogP) is 4.51. The molecule has 0 unspecified atom stereocenters. The number of carbonyl (C=O) groups excluding carboxylic acids is 1. The van der Waals surface area contributed by atoms with Crippen molar-refractivity contribution >= 4 is 35.0 Å².